The lowest BCUT2D eigenvalue weighted by Crippen LogP contribution is -2.47. The van der Waals surface area contributed by atoms with Gasteiger partial charge in [-0.1, -0.05) is 11.6 Å². The molecule has 1 N–H and O–H groups in total. The minimum atomic E-state index is 0.431. The number of hydrogen-bond acceptors (Lipinski definition) is 8. The highest BCUT2D eigenvalue weighted by Crippen LogP contribution is 2.29. The normalized spacial score (nSPS) is 14.7. The highest BCUT2D eigenvalue weighted by molar-refractivity contribution is 6.32. The predicted molar refractivity (Wildman–Crippen MR) is 89.6 cm³/mol. The van der Waals surface area contributed by atoms with Crippen LogP contribution in [0.1, 0.15) is 0 Å². The van der Waals surface area contributed by atoms with Crippen LogP contribution in [0.2, 0.25) is 5.15 Å². The highest BCUT2D eigenvalue weighted by Gasteiger charge is 2.22. The quantitative estimate of drug-likeness (QED) is 0.837. The van der Waals surface area contributed by atoms with Crippen LogP contribution in [-0.4, -0.2) is 60.3 Å². The molecule has 0 bridgehead atoms. The van der Waals surface area contributed by atoms with Crippen molar-refractivity contribution in [1.82, 2.24) is 19.9 Å². The van der Waals surface area contributed by atoms with Crippen molar-refractivity contribution in [1.29, 1.82) is 0 Å². The second-order valence-electron chi connectivity index (χ2n) is 5.01. The van der Waals surface area contributed by atoms with E-state index < -0.39 is 0 Å². The van der Waals surface area contributed by atoms with E-state index in [-0.39, 0.29) is 0 Å². The van der Waals surface area contributed by atoms with Crippen molar-refractivity contribution in [3.63, 3.8) is 0 Å². The number of ether oxygens (including phenoxy) is 1. The zero-order valence-electron chi connectivity index (χ0n) is 13.0. The van der Waals surface area contributed by atoms with Crippen molar-refractivity contribution in [2.24, 2.45) is 0 Å². The van der Waals surface area contributed by atoms with Crippen LogP contribution in [0.25, 0.3) is 0 Å². The lowest BCUT2D eigenvalue weighted by molar-refractivity contribution is 0.396. The molecule has 0 atom stereocenters. The van der Waals surface area contributed by atoms with Crippen LogP contribution < -0.4 is 19.9 Å². The number of hydrogen-bond donors (Lipinski definition) is 1. The minimum absolute atomic E-state index is 0.431. The van der Waals surface area contributed by atoms with Gasteiger partial charge >= 0.3 is 0 Å². The maximum atomic E-state index is 6.13. The van der Waals surface area contributed by atoms with E-state index in [1.54, 1.807) is 7.11 Å². The molecule has 8 nitrogen and oxygen atoms in total. The lowest BCUT2D eigenvalue weighted by Gasteiger charge is -2.36. The molecule has 1 aliphatic rings. The first-order valence-electron chi connectivity index (χ1n) is 7.27. The van der Waals surface area contributed by atoms with Crippen LogP contribution in [0.4, 0.5) is 17.3 Å². The monoisotopic (exact) mass is 335 g/mol. The molecule has 0 spiro atoms. The van der Waals surface area contributed by atoms with Crippen LogP contribution in [0.15, 0.2) is 18.7 Å². The first-order chi connectivity index (χ1) is 11.2. The zero-order valence-corrected chi connectivity index (χ0v) is 13.8. The van der Waals surface area contributed by atoms with Crippen LogP contribution in [-0.2, 0) is 0 Å². The summed E-state index contributed by atoms with van der Waals surface area (Å²) in [5.74, 6) is 2.26. The molecule has 0 aliphatic carbocycles. The van der Waals surface area contributed by atoms with E-state index in [1.807, 2.05) is 13.1 Å². The molecule has 0 radical (unpaired) electrons. The van der Waals surface area contributed by atoms with Crippen LogP contribution in [0.5, 0.6) is 5.88 Å². The van der Waals surface area contributed by atoms with Gasteiger partial charge in [0.1, 0.15) is 24.2 Å². The Morgan fingerprint density at radius 2 is 1.74 bits per heavy atom. The van der Waals surface area contributed by atoms with E-state index in [9.17, 15) is 0 Å². The number of rotatable bonds is 4. The van der Waals surface area contributed by atoms with Gasteiger partial charge in [-0.3, -0.25) is 0 Å². The average molecular weight is 336 g/mol. The summed E-state index contributed by atoms with van der Waals surface area (Å²) >= 11 is 6.13. The van der Waals surface area contributed by atoms with E-state index in [1.165, 1.54) is 12.7 Å². The number of nitrogens with zero attached hydrogens (tertiary/aromatic N) is 6. The van der Waals surface area contributed by atoms with Crippen molar-refractivity contribution in [2.75, 3.05) is 55.5 Å². The zero-order chi connectivity index (χ0) is 16.2. The van der Waals surface area contributed by atoms with Gasteiger partial charge in [0.15, 0.2) is 11.0 Å². The molecule has 0 aromatic carbocycles. The van der Waals surface area contributed by atoms with Gasteiger partial charge in [0.25, 0.3) is 0 Å². The van der Waals surface area contributed by atoms with Gasteiger partial charge in [-0.2, -0.15) is 0 Å². The Kier molecular flexibility index (Phi) is 4.61. The van der Waals surface area contributed by atoms with E-state index >= 15 is 0 Å². The topological polar surface area (TPSA) is 79.3 Å². The summed E-state index contributed by atoms with van der Waals surface area (Å²) in [6.07, 6.45) is 3.00. The second-order valence-corrected chi connectivity index (χ2v) is 5.36. The maximum Gasteiger partial charge on any atom is 0.218 e. The molecule has 1 fully saturated rings. The molecule has 3 rings (SSSR count). The number of methoxy groups -OCH3 is 1. The number of piperazine rings is 1. The third kappa shape index (κ3) is 3.21. The Labute approximate surface area is 139 Å². The molecule has 122 valence electrons. The van der Waals surface area contributed by atoms with Gasteiger partial charge in [0.05, 0.1) is 7.11 Å². The molecule has 3 heterocycles. The van der Waals surface area contributed by atoms with Crippen molar-refractivity contribution < 1.29 is 4.74 Å². The van der Waals surface area contributed by atoms with Crippen LogP contribution in [0.3, 0.4) is 0 Å². The Morgan fingerprint density at radius 1 is 1.04 bits per heavy atom. The van der Waals surface area contributed by atoms with Crippen LogP contribution >= 0.6 is 11.6 Å². The smallest absolute Gasteiger partial charge is 0.218 e. The molecule has 23 heavy (non-hydrogen) atoms. The van der Waals surface area contributed by atoms with Gasteiger partial charge < -0.3 is 19.9 Å². The molecule has 2 aromatic heterocycles. The number of anilines is 3. The summed E-state index contributed by atoms with van der Waals surface area (Å²) in [6, 6.07) is 1.84. The van der Waals surface area contributed by atoms with E-state index in [0.29, 0.717) is 11.0 Å². The molecular formula is C14H18ClN7O. The summed E-state index contributed by atoms with van der Waals surface area (Å²) in [4.78, 5) is 21.1. The SMILES string of the molecule is CNc1c(Cl)ncnc1N1CCN(c2cc(OC)ncn2)CC1. The average Bonchev–Trinajstić information content (AvgIpc) is 2.61. The second kappa shape index (κ2) is 6.82. The Hall–Kier alpha value is -2.35. The Bertz CT molecular complexity index is 676. The Morgan fingerprint density at radius 3 is 2.43 bits per heavy atom. The minimum Gasteiger partial charge on any atom is -0.481 e. The molecule has 1 saturated heterocycles. The molecular weight excluding hydrogens is 318 g/mol. The molecule has 1 aliphatic heterocycles. The number of nitrogens with one attached hydrogen (secondary N) is 1. The summed E-state index contributed by atoms with van der Waals surface area (Å²) in [5.41, 5.74) is 0.756. The van der Waals surface area contributed by atoms with Crippen LogP contribution in [0, 0.1) is 0 Å². The summed E-state index contributed by atoms with van der Waals surface area (Å²) in [5, 5.41) is 3.50. The fourth-order valence-corrected chi connectivity index (χ4v) is 2.79. The van der Waals surface area contributed by atoms with Crippen molar-refractivity contribution >= 4 is 28.9 Å². The summed E-state index contributed by atoms with van der Waals surface area (Å²) < 4.78 is 5.15. The van der Waals surface area contributed by atoms with E-state index in [2.05, 4.69) is 35.1 Å². The largest absolute Gasteiger partial charge is 0.481 e. The third-order valence-corrected chi connectivity index (χ3v) is 4.06. The summed E-state index contributed by atoms with van der Waals surface area (Å²) in [6.45, 7) is 3.28. The predicted octanol–water partition coefficient (Wildman–Crippen LogP) is 1.30. The van der Waals surface area contributed by atoms with Crippen molar-refractivity contribution in [3.8, 4) is 5.88 Å². The van der Waals surface area contributed by atoms with Gasteiger partial charge in [-0.25, -0.2) is 19.9 Å². The first kappa shape index (κ1) is 15.5. The third-order valence-electron chi connectivity index (χ3n) is 3.77. The molecule has 0 unspecified atom stereocenters. The van der Waals surface area contributed by atoms with E-state index in [4.69, 9.17) is 16.3 Å². The van der Waals surface area contributed by atoms with Gasteiger partial charge in [0, 0.05) is 39.3 Å². The molecule has 2 aromatic rings. The van der Waals surface area contributed by atoms with E-state index in [0.717, 1.165) is 43.5 Å². The highest BCUT2D eigenvalue weighted by atomic mass is 35.5. The fraction of sp³-hybridized carbons (Fsp3) is 0.429. The maximum absolute atomic E-state index is 6.13. The molecule has 0 saturated carbocycles. The molecule has 9 heteroatoms. The molecule has 0 amide bonds. The summed E-state index contributed by atoms with van der Waals surface area (Å²) in [7, 11) is 3.42. The number of halogens is 1. The standard InChI is InChI=1S/C14H18ClN7O/c1-16-12-13(15)19-9-20-14(12)22-5-3-21(4-6-22)10-7-11(23-2)18-8-17-10/h7-9,16H,3-6H2,1-2H3. The lowest BCUT2D eigenvalue weighted by atomic mass is 10.3. The van der Waals surface area contributed by atoms with Gasteiger partial charge in [-0.05, 0) is 0 Å². The van der Waals surface area contributed by atoms with Gasteiger partial charge in [-0.15, -0.1) is 0 Å². The van der Waals surface area contributed by atoms with Crippen molar-refractivity contribution in [3.05, 3.63) is 23.9 Å². The Balaban J connectivity index is 1.72. The number of aromatic nitrogens is 4. The first-order valence-corrected chi connectivity index (χ1v) is 7.65. The van der Waals surface area contributed by atoms with Crippen molar-refractivity contribution in [2.45, 2.75) is 0 Å². The fourth-order valence-electron chi connectivity index (χ4n) is 2.57. The van der Waals surface area contributed by atoms with Gasteiger partial charge in [0.2, 0.25) is 5.88 Å².